The molecule has 0 radical (unpaired) electrons. The Kier molecular flexibility index (Phi) is 3.71. The van der Waals surface area contributed by atoms with Crippen LogP contribution in [0.1, 0.15) is 37.6 Å². The highest BCUT2D eigenvalue weighted by atomic mass is 16.2. The minimum atomic E-state index is -0.0497. The maximum Gasteiger partial charge on any atom is 0.241 e. The first kappa shape index (κ1) is 13.1. The number of rotatable bonds is 3. The Morgan fingerprint density at radius 3 is 2.50 bits per heavy atom. The summed E-state index contributed by atoms with van der Waals surface area (Å²) in [4.78, 5) is 14.0. The van der Waals surface area contributed by atoms with Crippen LogP contribution in [0, 0.1) is 12.8 Å². The van der Waals surface area contributed by atoms with E-state index >= 15 is 0 Å². The van der Waals surface area contributed by atoms with Crippen LogP contribution < -0.4 is 5.32 Å². The van der Waals surface area contributed by atoms with Gasteiger partial charge in [0.15, 0.2) is 0 Å². The summed E-state index contributed by atoms with van der Waals surface area (Å²) in [5.41, 5.74) is 2.39. The summed E-state index contributed by atoms with van der Waals surface area (Å²) in [6.45, 7) is 6.32. The van der Waals surface area contributed by atoms with Crippen LogP contribution in [0.15, 0.2) is 24.3 Å². The molecule has 1 N–H and O–H groups in total. The highest BCUT2D eigenvalue weighted by Gasteiger charge is 2.39. The van der Waals surface area contributed by atoms with Crippen molar-refractivity contribution >= 4 is 5.91 Å². The minimum Gasteiger partial charge on any atom is -0.325 e. The second-order valence-corrected chi connectivity index (χ2v) is 5.29. The van der Waals surface area contributed by atoms with Crippen LogP contribution in [0.25, 0.3) is 0 Å². The van der Waals surface area contributed by atoms with Crippen LogP contribution in [-0.2, 0) is 4.79 Å². The fraction of sp³-hybridized carbons (Fsp3) is 0.533. The molecule has 1 saturated heterocycles. The normalized spacial score (nSPS) is 25.6. The SMILES string of the molecule is CCC(C)C1NC(c2ccc(C)cc2)N(C)C1=O. The molecule has 3 unspecified atom stereocenters. The maximum absolute atomic E-state index is 12.2. The van der Waals surface area contributed by atoms with Gasteiger partial charge in [0.1, 0.15) is 6.17 Å². The van der Waals surface area contributed by atoms with Gasteiger partial charge in [-0.2, -0.15) is 0 Å². The molecule has 3 nitrogen and oxygen atoms in total. The van der Waals surface area contributed by atoms with E-state index in [1.54, 1.807) is 0 Å². The quantitative estimate of drug-likeness (QED) is 0.888. The smallest absolute Gasteiger partial charge is 0.241 e. The van der Waals surface area contributed by atoms with Crippen LogP contribution in [0.4, 0.5) is 0 Å². The predicted molar refractivity (Wildman–Crippen MR) is 73.1 cm³/mol. The first-order chi connectivity index (χ1) is 8.54. The summed E-state index contributed by atoms with van der Waals surface area (Å²) < 4.78 is 0. The van der Waals surface area contributed by atoms with Crippen molar-refractivity contribution in [1.82, 2.24) is 10.2 Å². The second-order valence-electron chi connectivity index (χ2n) is 5.29. The zero-order chi connectivity index (χ0) is 13.3. The fourth-order valence-electron chi connectivity index (χ4n) is 2.41. The predicted octanol–water partition coefficient (Wildman–Crippen LogP) is 2.47. The van der Waals surface area contributed by atoms with Gasteiger partial charge in [0.25, 0.3) is 0 Å². The van der Waals surface area contributed by atoms with E-state index < -0.39 is 0 Å². The van der Waals surface area contributed by atoms with Gasteiger partial charge in [-0.05, 0) is 18.4 Å². The van der Waals surface area contributed by atoms with Gasteiger partial charge in [-0.25, -0.2) is 0 Å². The fourth-order valence-corrected chi connectivity index (χ4v) is 2.41. The van der Waals surface area contributed by atoms with Crippen LogP contribution >= 0.6 is 0 Å². The lowest BCUT2D eigenvalue weighted by molar-refractivity contribution is -0.129. The average Bonchev–Trinajstić information content (AvgIpc) is 2.67. The number of nitrogens with zero attached hydrogens (tertiary/aromatic N) is 1. The van der Waals surface area contributed by atoms with E-state index in [0.717, 1.165) is 12.0 Å². The number of hydrogen-bond donors (Lipinski definition) is 1. The van der Waals surface area contributed by atoms with E-state index in [1.807, 2.05) is 11.9 Å². The van der Waals surface area contributed by atoms with Gasteiger partial charge in [0, 0.05) is 7.05 Å². The molecule has 0 aliphatic carbocycles. The molecule has 98 valence electrons. The molecule has 1 aliphatic rings. The van der Waals surface area contributed by atoms with Crippen LogP contribution in [0.2, 0.25) is 0 Å². The lowest BCUT2D eigenvalue weighted by Crippen LogP contribution is -2.35. The topological polar surface area (TPSA) is 32.3 Å². The maximum atomic E-state index is 12.2. The highest BCUT2D eigenvalue weighted by molar-refractivity contribution is 5.84. The molecule has 3 heteroatoms. The number of carbonyl (C=O) groups is 1. The second kappa shape index (κ2) is 5.11. The molecule has 0 aromatic heterocycles. The van der Waals surface area contributed by atoms with Crippen molar-refractivity contribution in [2.24, 2.45) is 5.92 Å². The minimum absolute atomic E-state index is 0.0112. The Labute approximate surface area is 109 Å². The number of hydrogen-bond acceptors (Lipinski definition) is 2. The molecule has 1 aromatic rings. The molecular weight excluding hydrogens is 224 g/mol. The van der Waals surface area contributed by atoms with Crippen molar-refractivity contribution < 1.29 is 4.79 Å². The number of aryl methyl sites for hydroxylation is 1. The van der Waals surface area contributed by atoms with Crippen molar-refractivity contribution in [3.63, 3.8) is 0 Å². The molecule has 1 fully saturated rings. The average molecular weight is 246 g/mol. The third kappa shape index (κ3) is 2.27. The third-order valence-corrected chi connectivity index (χ3v) is 3.94. The van der Waals surface area contributed by atoms with Gasteiger partial charge >= 0.3 is 0 Å². The number of amides is 1. The van der Waals surface area contributed by atoms with E-state index in [0.29, 0.717) is 5.92 Å². The number of carbonyl (C=O) groups excluding carboxylic acids is 1. The van der Waals surface area contributed by atoms with Crippen molar-refractivity contribution in [2.75, 3.05) is 7.05 Å². The standard InChI is InChI=1S/C15H22N2O/c1-5-11(3)13-15(18)17(4)14(16-13)12-8-6-10(2)7-9-12/h6-9,11,13-14,16H,5H2,1-4H3. The zero-order valence-corrected chi connectivity index (χ0v) is 11.6. The molecule has 0 spiro atoms. The van der Waals surface area contributed by atoms with Gasteiger partial charge in [0.05, 0.1) is 6.04 Å². The number of likely N-dealkylation sites (N-methyl/N-ethyl adjacent to an activating group) is 1. The molecule has 18 heavy (non-hydrogen) atoms. The first-order valence-corrected chi connectivity index (χ1v) is 6.64. The highest BCUT2D eigenvalue weighted by Crippen LogP contribution is 2.27. The summed E-state index contributed by atoms with van der Waals surface area (Å²) in [5.74, 6) is 0.574. The van der Waals surface area contributed by atoms with Crippen molar-refractivity contribution in [3.8, 4) is 0 Å². The van der Waals surface area contributed by atoms with Gasteiger partial charge in [-0.15, -0.1) is 0 Å². The number of benzene rings is 1. The summed E-state index contributed by atoms with van der Waals surface area (Å²) >= 11 is 0. The summed E-state index contributed by atoms with van der Waals surface area (Å²) in [6, 6.07) is 8.31. The Morgan fingerprint density at radius 2 is 1.94 bits per heavy atom. The van der Waals surface area contributed by atoms with Crippen LogP contribution in [0.5, 0.6) is 0 Å². The van der Waals surface area contributed by atoms with E-state index in [2.05, 4.69) is 50.4 Å². The molecule has 0 bridgehead atoms. The molecule has 2 rings (SSSR count). The summed E-state index contributed by atoms with van der Waals surface area (Å²) in [7, 11) is 1.88. The van der Waals surface area contributed by atoms with Crippen molar-refractivity contribution in [2.45, 2.75) is 39.4 Å². The van der Waals surface area contributed by atoms with Crippen LogP contribution in [0.3, 0.4) is 0 Å². The third-order valence-electron chi connectivity index (χ3n) is 3.94. The Balaban J connectivity index is 2.21. The Hall–Kier alpha value is -1.35. The van der Waals surface area contributed by atoms with Gasteiger partial charge in [-0.1, -0.05) is 50.1 Å². The summed E-state index contributed by atoms with van der Waals surface area (Å²) in [6.07, 6.45) is 1.02. The first-order valence-electron chi connectivity index (χ1n) is 6.64. The monoisotopic (exact) mass is 246 g/mol. The molecule has 1 heterocycles. The van der Waals surface area contributed by atoms with E-state index in [9.17, 15) is 4.79 Å². The molecule has 0 saturated carbocycles. The van der Waals surface area contributed by atoms with E-state index in [-0.39, 0.29) is 18.1 Å². The van der Waals surface area contributed by atoms with E-state index in [1.165, 1.54) is 5.56 Å². The Morgan fingerprint density at radius 1 is 1.33 bits per heavy atom. The van der Waals surface area contributed by atoms with Gasteiger partial charge in [-0.3, -0.25) is 10.1 Å². The van der Waals surface area contributed by atoms with E-state index in [4.69, 9.17) is 0 Å². The lowest BCUT2D eigenvalue weighted by Gasteiger charge is -2.19. The van der Waals surface area contributed by atoms with Crippen molar-refractivity contribution in [3.05, 3.63) is 35.4 Å². The Bertz CT molecular complexity index is 427. The van der Waals surface area contributed by atoms with Gasteiger partial charge < -0.3 is 4.90 Å². The molecule has 3 atom stereocenters. The molecular formula is C15H22N2O. The molecule has 1 amide bonds. The number of nitrogens with one attached hydrogen (secondary N) is 1. The molecule has 1 aliphatic heterocycles. The summed E-state index contributed by atoms with van der Waals surface area (Å²) in [5, 5.41) is 3.45. The molecule has 1 aromatic carbocycles. The van der Waals surface area contributed by atoms with Gasteiger partial charge in [0.2, 0.25) is 5.91 Å². The largest absolute Gasteiger partial charge is 0.325 e. The lowest BCUT2D eigenvalue weighted by atomic mass is 9.99. The zero-order valence-electron chi connectivity index (χ0n) is 11.6. The van der Waals surface area contributed by atoms with Crippen molar-refractivity contribution in [1.29, 1.82) is 0 Å². The van der Waals surface area contributed by atoms with Crippen LogP contribution in [-0.4, -0.2) is 23.9 Å².